The molecule has 0 aliphatic rings. The highest BCUT2D eigenvalue weighted by molar-refractivity contribution is 7.18. The molecule has 18 heavy (non-hydrogen) atoms. The molecule has 0 bridgehead atoms. The van der Waals surface area contributed by atoms with Crippen molar-refractivity contribution in [2.45, 2.75) is 27.3 Å². The largest absolute Gasteiger partial charge is 0.363 e. The van der Waals surface area contributed by atoms with Gasteiger partial charge in [-0.15, -0.1) is 10.2 Å². The van der Waals surface area contributed by atoms with Gasteiger partial charge in [-0.05, 0) is 32.4 Å². The summed E-state index contributed by atoms with van der Waals surface area (Å²) in [4.78, 5) is 12.4. The van der Waals surface area contributed by atoms with Crippen molar-refractivity contribution < 1.29 is 0 Å². The molecule has 2 heterocycles. The maximum atomic E-state index is 12.4. The van der Waals surface area contributed by atoms with E-state index in [0.717, 1.165) is 11.3 Å². The Kier molecular flexibility index (Phi) is 3.47. The summed E-state index contributed by atoms with van der Waals surface area (Å²) in [6, 6.07) is 2.01. The molecule has 0 aliphatic heterocycles. The minimum atomic E-state index is 0.00815. The van der Waals surface area contributed by atoms with Gasteiger partial charge in [0, 0.05) is 19.3 Å². The second-order valence-corrected chi connectivity index (χ2v) is 5.03. The Labute approximate surface area is 110 Å². The summed E-state index contributed by atoms with van der Waals surface area (Å²) in [7, 11) is 1.79. The van der Waals surface area contributed by atoms with Gasteiger partial charge in [0.25, 0.3) is 5.56 Å². The van der Waals surface area contributed by atoms with E-state index in [-0.39, 0.29) is 5.56 Å². The minimum absolute atomic E-state index is 0.00815. The van der Waals surface area contributed by atoms with E-state index in [2.05, 4.69) is 15.5 Å². The fraction of sp³-hybridized carbons (Fsp3) is 0.417. The third-order valence-corrected chi connectivity index (χ3v) is 3.83. The van der Waals surface area contributed by atoms with Crippen molar-refractivity contribution in [1.29, 1.82) is 0 Å². The second kappa shape index (κ2) is 4.89. The molecule has 0 aromatic carbocycles. The molecular weight excluding hydrogens is 248 g/mol. The lowest BCUT2D eigenvalue weighted by Crippen LogP contribution is -2.24. The number of rotatable bonds is 3. The lowest BCUT2D eigenvalue weighted by molar-refractivity contribution is 0.700. The van der Waals surface area contributed by atoms with Gasteiger partial charge in [-0.1, -0.05) is 11.3 Å². The molecular formula is C12H16N4OS. The van der Waals surface area contributed by atoms with E-state index in [9.17, 15) is 4.79 Å². The third kappa shape index (κ3) is 2.03. The van der Waals surface area contributed by atoms with Gasteiger partial charge in [0.2, 0.25) is 5.13 Å². The molecule has 2 aromatic heterocycles. The average Bonchev–Trinajstić information content (AvgIpc) is 2.77. The minimum Gasteiger partial charge on any atom is -0.363 e. The van der Waals surface area contributed by atoms with Crippen LogP contribution in [0.1, 0.15) is 18.2 Å². The number of pyridine rings is 1. The molecule has 0 saturated heterocycles. The van der Waals surface area contributed by atoms with Gasteiger partial charge in [0.15, 0.2) is 5.01 Å². The predicted octanol–water partition coefficient (Wildman–Crippen LogP) is 2.05. The quantitative estimate of drug-likeness (QED) is 0.921. The van der Waals surface area contributed by atoms with Gasteiger partial charge in [0.1, 0.15) is 0 Å². The smallest absolute Gasteiger partial charge is 0.261 e. The molecule has 2 rings (SSSR count). The van der Waals surface area contributed by atoms with Gasteiger partial charge in [0.05, 0.1) is 5.56 Å². The summed E-state index contributed by atoms with van der Waals surface area (Å²) >= 11 is 1.39. The first-order valence-electron chi connectivity index (χ1n) is 5.81. The first-order chi connectivity index (χ1) is 8.58. The van der Waals surface area contributed by atoms with Gasteiger partial charge < -0.3 is 9.88 Å². The first kappa shape index (κ1) is 12.8. The van der Waals surface area contributed by atoms with Gasteiger partial charge in [-0.25, -0.2) is 0 Å². The molecule has 5 nitrogen and oxygen atoms in total. The highest BCUT2D eigenvalue weighted by atomic mass is 32.1. The summed E-state index contributed by atoms with van der Waals surface area (Å²) in [5.41, 5.74) is 2.58. The summed E-state index contributed by atoms with van der Waals surface area (Å²) in [6.45, 7) is 6.51. The Morgan fingerprint density at radius 3 is 2.67 bits per heavy atom. The van der Waals surface area contributed by atoms with Crippen LogP contribution in [0, 0.1) is 13.8 Å². The molecule has 0 atom stereocenters. The Morgan fingerprint density at radius 2 is 2.11 bits per heavy atom. The van der Waals surface area contributed by atoms with Crippen LogP contribution in [-0.2, 0) is 6.54 Å². The average molecular weight is 264 g/mol. The zero-order valence-corrected chi connectivity index (χ0v) is 11.8. The SMILES string of the molecule is CCn1c(C)cc(C)c(-c2nnc(NC)s2)c1=O. The zero-order chi connectivity index (χ0) is 13.3. The van der Waals surface area contributed by atoms with Crippen molar-refractivity contribution in [2.75, 3.05) is 12.4 Å². The van der Waals surface area contributed by atoms with E-state index in [1.165, 1.54) is 11.3 Å². The van der Waals surface area contributed by atoms with Crippen molar-refractivity contribution in [1.82, 2.24) is 14.8 Å². The summed E-state index contributed by atoms with van der Waals surface area (Å²) in [6.07, 6.45) is 0. The zero-order valence-electron chi connectivity index (χ0n) is 10.9. The van der Waals surface area contributed by atoms with Crippen LogP contribution < -0.4 is 10.9 Å². The van der Waals surface area contributed by atoms with Crippen molar-refractivity contribution in [3.05, 3.63) is 27.7 Å². The van der Waals surface area contributed by atoms with E-state index in [1.54, 1.807) is 11.6 Å². The number of nitrogens with zero attached hydrogens (tertiary/aromatic N) is 3. The van der Waals surface area contributed by atoms with E-state index in [0.29, 0.717) is 22.2 Å². The number of hydrogen-bond acceptors (Lipinski definition) is 5. The fourth-order valence-corrected chi connectivity index (χ4v) is 2.80. The van der Waals surface area contributed by atoms with Gasteiger partial charge >= 0.3 is 0 Å². The molecule has 96 valence electrons. The van der Waals surface area contributed by atoms with Crippen LogP contribution in [0.2, 0.25) is 0 Å². The molecule has 0 fully saturated rings. The topological polar surface area (TPSA) is 59.8 Å². The number of aryl methyl sites for hydroxylation is 2. The first-order valence-corrected chi connectivity index (χ1v) is 6.62. The maximum Gasteiger partial charge on any atom is 0.261 e. The van der Waals surface area contributed by atoms with Crippen LogP contribution in [0.15, 0.2) is 10.9 Å². The Morgan fingerprint density at radius 1 is 1.39 bits per heavy atom. The monoisotopic (exact) mass is 264 g/mol. The highest BCUT2D eigenvalue weighted by Crippen LogP contribution is 2.26. The van der Waals surface area contributed by atoms with Crippen LogP contribution in [0.4, 0.5) is 5.13 Å². The normalized spacial score (nSPS) is 10.7. The maximum absolute atomic E-state index is 12.4. The van der Waals surface area contributed by atoms with Crippen LogP contribution in [-0.4, -0.2) is 21.8 Å². The standard InChI is InChI=1S/C12H16N4OS/c1-5-16-8(3)6-7(2)9(11(16)17)10-14-15-12(13-4)18-10/h6H,5H2,1-4H3,(H,13,15). The van der Waals surface area contributed by atoms with Crippen LogP contribution >= 0.6 is 11.3 Å². The van der Waals surface area contributed by atoms with Crippen LogP contribution in [0.3, 0.4) is 0 Å². The molecule has 0 saturated carbocycles. The number of anilines is 1. The predicted molar refractivity (Wildman–Crippen MR) is 74.3 cm³/mol. The van der Waals surface area contributed by atoms with E-state index in [4.69, 9.17) is 0 Å². The van der Waals surface area contributed by atoms with E-state index < -0.39 is 0 Å². The number of hydrogen-bond donors (Lipinski definition) is 1. The fourth-order valence-electron chi connectivity index (χ4n) is 2.01. The van der Waals surface area contributed by atoms with Crippen LogP contribution in [0.25, 0.3) is 10.6 Å². The van der Waals surface area contributed by atoms with E-state index in [1.807, 2.05) is 26.8 Å². The molecule has 0 unspecified atom stereocenters. The molecule has 0 aliphatic carbocycles. The van der Waals surface area contributed by atoms with Crippen molar-refractivity contribution in [2.24, 2.45) is 0 Å². The Bertz CT molecular complexity index is 629. The number of nitrogens with one attached hydrogen (secondary N) is 1. The van der Waals surface area contributed by atoms with Crippen molar-refractivity contribution in [3.8, 4) is 10.6 Å². The second-order valence-electron chi connectivity index (χ2n) is 4.06. The molecule has 0 amide bonds. The molecule has 6 heteroatoms. The van der Waals surface area contributed by atoms with Crippen molar-refractivity contribution in [3.63, 3.8) is 0 Å². The highest BCUT2D eigenvalue weighted by Gasteiger charge is 2.15. The number of aromatic nitrogens is 3. The Balaban J connectivity index is 2.67. The third-order valence-electron chi connectivity index (χ3n) is 2.87. The summed E-state index contributed by atoms with van der Waals surface area (Å²) in [5, 5.41) is 12.4. The molecule has 1 N–H and O–H groups in total. The summed E-state index contributed by atoms with van der Waals surface area (Å²) in [5.74, 6) is 0. The van der Waals surface area contributed by atoms with E-state index >= 15 is 0 Å². The van der Waals surface area contributed by atoms with Gasteiger partial charge in [-0.3, -0.25) is 4.79 Å². The molecule has 2 aromatic rings. The van der Waals surface area contributed by atoms with Crippen molar-refractivity contribution >= 4 is 16.5 Å². The summed E-state index contributed by atoms with van der Waals surface area (Å²) < 4.78 is 1.75. The molecule has 0 spiro atoms. The van der Waals surface area contributed by atoms with Crippen LogP contribution in [0.5, 0.6) is 0 Å². The Hall–Kier alpha value is -1.69. The lowest BCUT2D eigenvalue weighted by Gasteiger charge is -2.10. The van der Waals surface area contributed by atoms with Gasteiger partial charge in [-0.2, -0.15) is 0 Å². The molecule has 0 radical (unpaired) electrons. The lowest BCUT2D eigenvalue weighted by atomic mass is 10.1.